The fourth-order valence-corrected chi connectivity index (χ4v) is 0. The van der Waals surface area contributed by atoms with Gasteiger partial charge in [-0.2, -0.15) is 0 Å². The summed E-state index contributed by atoms with van der Waals surface area (Å²) in [6.07, 6.45) is 0. The van der Waals surface area contributed by atoms with Crippen molar-refractivity contribution in [2.24, 2.45) is 5.92 Å². The van der Waals surface area contributed by atoms with Crippen molar-refractivity contribution in [1.82, 2.24) is 0 Å². The molecular formula is C4H12O3P+. The maximum absolute atomic E-state index is 8.70. The van der Waals surface area contributed by atoms with Gasteiger partial charge in [0.25, 0.3) is 0 Å². The van der Waals surface area contributed by atoms with E-state index in [1.54, 1.807) is 0 Å². The maximum Gasteiger partial charge on any atom is 0.692 e. The van der Waals surface area contributed by atoms with Crippen molar-refractivity contribution < 1.29 is 14.4 Å². The van der Waals surface area contributed by atoms with Crippen molar-refractivity contribution in [3.8, 4) is 0 Å². The van der Waals surface area contributed by atoms with E-state index in [4.69, 9.17) is 14.4 Å². The predicted molar refractivity (Wildman–Crippen MR) is 32.6 cm³/mol. The lowest BCUT2D eigenvalue weighted by atomic mass is 10.3. The summed E-state index contributed by atoms with van der Waals surface area (Å²) in [5.41, 5.74) is 0. The molecule has 0 spiro atoms. The van der Waals surface area contributed by atoms with E-state index in [1.165, 1.54) is 0 Å². The third-order valence-electron chi connectivity index (χ3n) is 0. The third kappa shape index (κ3) is 379000. The van der Waals surface area contributed by atoms with Gasteiger partial charge in [0.15, 0.2) is 0 Å². The molecule has 0 fully saturated rings. The van der Waals surface area contributed by atoms with Crippen molar-refractivity contribution in [1.29, 1.82) is 0 Å². The summed E-state index contributed by atoms with van der Waals surface area (Å²) in [6.45, 7) is 6.50. The summed E-state index contributed by atoms with van der Waals surface area (Å²) in [4.78, 5) is 14.2. The van der Waals surface area contributed by atoms with Crippen molar-refractivity contribution in [2.45, 2.75) is 20.8 Å². The highest BCUT2D eigenvalue weighted by Gasteiger charge is 1.93. The average Bonchev–Trinajstić information content (AvgIpc) is 1.25. The minimum Gasteiger partial charge on any atom is -0.134 e. The number of hydrogen-bond acceptors (Lipinski definition) is 1. The van der Waals surface area contributed by atoms with Crippen LogP contribution < -0.4 is 0 Å². The zero-order valence-electron chi connectivity index (χ0n) is 5.33. The highest BCUT2D eigenvalue weighted by Crippen LogP contribution is 1.98. The van der Waals surface area contributed by atoms with Crippen LogP contribution in [-0.4, -0.2) is 9.79 Å². The molecule has 8 heavy (non-hydrogen) atoms. The highest BCUT2D eigenvalue weighted by atomic mass is 31.1. The molecule has 0 aromatic heterocycles. The van der Waals surface area contributed by atoms with Crippen molar-refractivity contribution >= 4 is 8.25 Å². The molecule has 0 saturated carbocycles. The second-order valence-corrected chi connectivity index (χ2v) is 2.49. The normalized spacial score (nSPS) is 7.75. The fourth-order valence-electron chi connectivity index (χ4n) is 0. The molecule has 50 valence electrons. The van der Waals surface area contributed by atoms with E-state index in [2.05, 4.69) is 20.8 Å². The lowest BCUT2D eigenvalue weighted by Gasteiger charge is -1.79. The van der Waals surface area contributed by atoms with E-state index in [9.17, 15) is 0 Å². The molecule has 0 aromatic carbocycles. The van der Waals surface area contributed by atoms with E-state index in [1.807, 2.05) is 0 Å². The summed E-state index contributed by atoms with van der Waals surface area (Å²) >= 11 is 0. The van der Waals surface area contributed by atoms with E-state index in [0.717, 1.165) is 5.92 Å². The van der Waals surface area contributed by atoms with Gasteiger partial charge in [-0.15, -0.1) is 9.79 Å². The monoisotopic (exact) mass is 139 g/mol. The van der Waals surface area contributed by atoms with E-state index >= 15 is 0 Å². The largest absolute Gasteiger partial charge is 0.692 e. The van der Waals surface area contributed by atoms with Crippen LogP contribution in [0.4, 0.5) is 0 Å². The Morgan fingerprint density at radius 3 is 1.25 bits per heavy atom. The van der Waals surface area contributed by atoms with Crippen LogP contribution in [0.5, 0.6) is 0 Å². The molecule has 0 aliphatic carbocycles. The van der Waals surface area contributed by atoms with Crippen LogP contribution in [0.25, 0.3) is 0 Å². The minimum atomic E-state index is -2.87. The molecule has 0 radical (unpaired) electrons. The quantitative estimate of drug-likeness (QED) is 0.497. The second-order valence-electron chi connectivity index (χ2n) is 1.98. The van der Waals surface area contributed by atoms with Gasteiger partial charge in [-0.1, -0.05) is 20.8 Å². The zero-order valence-corrected chi connectivity index (χ0v) is 6.22. The van der Waals surface area contributed by atoms with Gasteiger partial charge >= 0.3 is 8.25 Å². The Balaban J connectivity index is 0. The summed E-state index contributed by atoms with van der Waals surface area (Å²) in [5, 5.41) is 0. The molecule has 0 atom stereocenters. The van der Waals surface area contributed by atoms with Crippen molar-refractivity contribution in [3.05, 3.63) is 0 Å². The number of hydrogen-bond donors (Lipinski definition) is 2. The molecule has 0 amide bonds. The summed E-state index contributed by atoms with van der Waals surface area (Å²) in [7, 11) is -2.87. The van der Waals surface area contributed by atoms with Crippen LogP contribution in [0, 0.1) is 5.92 Å². The molecule has 0 aromatic rings. The average molecular weight is 139 g/mol. The van der Waals surface area contributed by atoms with E-state index in [0.29, 0.717) is 0 Å². The van der Waals surface area contributed by atoms with Crippen molar-refractivity contribution in [3.63, 3.8) is 0 Å². The molecular weight excluding hydrogens is 127 g/mol. The summed E-state index contributed by atoms with van der Waals surface area (Å²) in [6, 6.07) is 0. The Kier molecular flexibility index (Phi) is 9.57. The van der Waals surface area contributed by atoms with Crippen LogP contribution in [0.2, 0.25) is 0 Å². The molecule has 0 aliphatic rings. The lowest BCUT2D eigenvalue weighted by molar-refractivity contribution is 0.405. The van der Waals surface area contributed by atoms with Gasteiger partial charge < -0.3 is 0 Å². The van der Waals surface area contributed by atoms with Gasteiger partial charge in [0.2, 0.25) is 0 Å². The molecule has 0 heterocycles. The fraction of sp³-hybridized carbons (Fsp3) is 1.00. The molecule has 0 rings (SSSR count). The van der Waals surface area contributed by atoms with Crippen LogP contribution in [-0.2, 0) is 4.57 Å². The van der Waals surface area contributed by atoms with Crippen LogP contribution in [0.1, 0.15) is 20.8 Å². The summed E-state index contributed by atoms with van der Waals surface area (Å²) in [5.74, 6) is 0.833. The Labute approximate surface area is 50.3 Å². The predicted octanol–water partition coefficient (Wildman–Crippen LogP) is 1.29. The topological polar surface area (TPSA) is 57.5 Å². The van der Waals surface area contributed by atoms with Gasteiger partial charge in [0.1, 0.15) is 0 Å². The molecule has 0 unspecified atom stereocenters. The van der Waals surface area contributed by atoms with E-state index in [-0.39, 0.29) is 0 Å². The second kappa shape index (κ2) is 7.02. The maximum atomic E-state index is 8.70. The Hall–Kier alpha value is 0.0200. The minimum absolute atomic E-state index is 0.833. The Morgan fingerprint density at radius 2 is 1.25 bits per heavy atom. The first-order chi connectivity index (χ1) is 3.46. The van der Waals surface area contributed by atoms with Crippen LogP contribution in [0.15, 0.2) is 0 Å². The molecule has 4 heteroatoms. The molecule has 0 bridgehead atoms. The van der Waals surface area contributed by atoms with Crippen LogP contribution in [0.3, 0.4) is 0 Å². The smallest absolute Gasteiger partial charge is 0.134 e. The van der Waals surface area contributed by atoms with Crippen molar-refractivity contribution in [2.75, 3.05) is 0 Å². The van der Waals surface area contributed by atoms with E-state index < -0.39 is 8.25 Å². The first-order valence-electron chi connectivity index (χ1n) is 2.31. The standard InChI is InChI=1S/C4H10.HO3P/c2*1-4(2)3/h4H,1-3H3;(H-,1,2,3)/p+1. The SMILES string of the molecule is CC(C)C.O=[P+](O)O. The lowest BCUT2D eigenvalue weighted by Crippen LogP contribution is -1.66. The molecule has 0 aliphatic heterocycles. The Bertz CT molecular complexity index is 55.5. The van der Waals surface area contributed by atoms with Crippen LogP contribution >= 0.6 is 8.25 Å². The van der Waals surface area contributed by atoms with Gasteiger partial charge in [0.05, 0.1) is 0 Å². The zero-order chi connectivity index (χ0) is 7.15. The van der Waals surface area contributed by atoms with Gasteiger partial charge in [-0.3, -0.25) is 0 Å². The first kappa shape index (κ1) is 10.9. The third-order valence-corrected chi connectivity index (χ3v) is 0. The summed E-state index contributed by atoms with van der Waals surface area (Å²) < 4.78 is 8.70. The van der Waals surface area contributed by atoms with Gasteiger partial charge in [0, 0.05) is 4.57 Å². The molecule has 2 N–H and O–H groups in total. The van der Waals surface area contributed by atoms with Gasteiger partial charge in [-0.25, -0.2) is 0 Å². The Morgan fingerprint density at radius 1 is 1.25 bits per heavy atom. The highest BCUT2D eigenvalue weighted by molar-refractivity contribution is 7.30. The first-order valence-corrected chi connectivity index (χ1v) is 3.48. The van der Waals surface area contributed by atoms with Gasteiger partial charge in [-0.05, 0) is 5.92 Å². The molecule has 3 nitrogen and oxygen atoms in total. The molecule has 0 saturated heterocycles. The number of rotatable bonds is 0.